The zero-order valence-corrected chi connectivity index (χ0v) is 9.09. The molecule has 2 aromatic rings. The maximum atomic E-state index is 12.0. The van der Waals surface area contributed by atoms with E-state index in [1.165, 1.54) is 4.70 Å². The largest absolute Gasteiger partial charge is 0.338 e. The van der Waals surface area contributed by atoms with Crippen molar-refractivity contribution in [1.29, 1.82) is 0 Å². The van der Waals surface area contributed by atoms with Crippen LogP contribution in [0.25, 0.3) is 10.1 Å². The molecule has 1 aromatic carbocycles. The topological polar surface area (TPSA) is 20.3 Å². The quantitative estimate of drug-likeness (QED) is 0.719. The summed E-state index contributed by atoms with van der Waals surface area (Å²) in [4.78, 5) is 13.9. The van der Waals surface area contributed by atoms with Gasteiger partial charge in [0.25, 0.3) is 5.91 Å². The van der Waals surface area contributed by atoms with Crippen LogP contribution >= 0.6 is 11.3 Å². The molecule has 1 aromatic heterocycles. The van der Waals surface area contributed by atoms with E-state index in [4.69, 9.17) is 0 Å². The summed E-state index contributed by atoms with van der Waals surface area (Å²) in [5.74, 6) is 0.193. The Morgan fingerprint density at radius 2 is 2.07 bits per heavy atom. The van der Waals surface area contributed by atoms with Crippen molar-refractivity contribution in [3.8, 4) is 0 Å². The van der Waals surface area contributed by atoms with Crippen LogP contribution in [-0.4, -0.2) is 23.9 Å². The van der Waals surface area contributed by atoms with Gasteiger partial charge in [-0.15, -0.1) is 11.3 Å². The summed E-state index contributed by atoms with van der Waals surface area (Å²) in [6.45, 7) is 1.84. The minimum Gasteiger partial charge on any atom is -0.338 e. The van der Waals surface area contributed by atoms with E-state index in [9.17, 15) is 4.79 Å². The number of likely N-dealkylation sites (tertiary alicyclic amines) is 1. The van der Waals surface area contributed by atoms with Gasteiger partial charge in [-0.25, -0.2) is 0 Å². The highest BCUT2D eigenvalue weighted by molar-refractivity contribution is 7.17. The van der Waals surface area contributed by atoms with Gasteiger partial charge in [0.05, 0.1) is 5.56 Å². The van der Waals surface area contributed by atoms with E-state index in [1.54, 1.807) is 11.3 Å². The van der Waals surface area contributed by atoms with Crippen LogP contribution in [-0.2, 0) is 0 Å². The van der Waals surface area contributed by atoms with Gasteiger partial charge in [-0.3, -0.25) is 4.79 Å². The van der Waals surface area contributed by atoms with Crippen molar-refractivity contribution in [1.82, 2.24) is 4.90 Å². The third kappa shape index (κ3) is 1.35. The lowest BCUT2D eigenvalue weighted by Crippen LogP contribution is -2.41. The maximum absolute atomic E-state index is 12.0. The first kappa shape index (κ1) is 8.92. The summed E-state index contributed by atoms with van der Waals surface area (Å²) in [6, 6.07) is 8.09. The average Bonchev–Trinajstić information content (AvgIpc) is 2.58. The Labute approximate surface area is 92.1 Å². The molecule has 0 radical (unpaired) electrons. The van der Waals surface area contributed by atoms with Crippen molar-refractivity contribution in [2.75, 3.05) is 13.1 Å². The minimum atomic E-state index is 0.193. The van der Waals surface area contributed by atoms with Crippen molar-refractivity contribution in [3.63, 3.8) is 0 Å². The molecule has 0 unspecified atom stereocenters. The Kier molecular flexibility index (Phi) is 1.99. The van der Waals surface area contributed by atoms with Gasteiger partial charge in [0.1, 0.15) is 0 Å². The van der Waals surface area contributed by atoms with Gasteiger partial charge in [0.15, 0.2) is 0 Å². The van der Waals surface area contributed by atoms with Crippen molar-refractivity contribution in [2.24, 2.45) is 0 Å². The van der Waals surface area contributed by atoms with Crippen LogP contribution in [0.2, 0.25) is 0 Å². The summed E-state index contributed by atoms with van der Waals surface area (Å²) in [6.07, 6.45) is 1.15. The molecular formula is C12H11NOS. The summed E-state index contributed by atoms with van der Waals surface area (Å²) in [5.41, 5.74) is 0.871. The van der Waals surface area contributed by atoms with Crippen LogP contribution in [0, 0.1) is 0 Å². The Balaban J connectivity index is 2.06. The predicted octanol–water partition coefficient (Wildman–Crippen LogP) is 2.75. The second-order valence-corrected chi connectivity index (χ2v) is 4.70. The molecule has 1 aliphatic rings. The number of thiophene rings is 1. The molecule has 0 saturated carbocycles. The molecule has 2 nitrogen and oxygen atoms in total. The number of carbonyl (C=O) groups excluding carboxylic acids is 1. The Morgan fingerprint density at radius 1 is 1.27 bits per heavy atom. The molecule has 1 saturated heterocycles. The molecule has 0 atom stereocenters. The number of benzene rings is 1. The van der Waals surface area contributed by atoms with E-state index in [2.05, 4.69) is 6.07 Å². The summed E-state index contributed by atoms with van der Waals surface area (Å²) >= 11 is 1.65. The van der Waals surface area contributed by atoms with E-state index >= 15 is 0 Å². The molecule has 76 valence electrons. The van der Waals surface area contributed by atoms with Crippen LogP contribution < -0.4 is 0 Å². The number of fused-ring (bicyclic) bond motifs is 1. The molecule has 0 spiro atoms. The zero-order chi connectivity index (χ0) is 10.3. The summed E-state index contributed by atoms with van der Waals surface area (Å²) in [5, 5.41) is 3.07. The smallest absolute Gasteiger partial charge is 0.255 e. The third-order valence-electron chi connectivity index (χ3n) is 2.85. The number of hydrogen-bond acceptors (Lipinski definition) is 2. The second-order valence-electron chi connectivity index (χ2n) is 3.79. The van der Waals surface area contributed by atoms with Gasteiger partial charge in [0, 0.05) is 28.6 Å². The van der Waals surface area contributed by atoms with E-state index in [1.807, 2.05) is 28.5 Å². The van der Waals surface area contributed by atoms with Crippen molar-refractivity contribution < 1.29 is 4.79 Å². The van der Waals surface area contributed by atoms with E-state index in [-0.39, 0.29) is 5.91 Å². The first-order valence-corrected chi connectivity index (χ1v) is 6.00. The fourth-order valence-electron chi connectivity index (χ4n) is 1.83. The number of hydrogen-bond donors (Lipinski definition) is 0. The first-order valence-electron chi connectivity index (χ1n) is 5.12. The molecule has 0 N–H and O–H groups in total. The third-order valence-corrected chi connectivity index (χ3v) is 3.82. The highest BCUT2D eigenvalue weighted by atomic mass is 32.1. The van der Waals surface area contributed by atoms with E-state index in [0.29, 0.717) is 0 Å². The lowest BCUT2D eigenvalue weighted by atomic mass is 10.1. The van der Waals surface area contributed by atoms with Crippen molar-refractivity contribution in [2.45, 2.75) is 6.42 Å². The summed E-state index contributed by atoms with van der Waals surface area (Å²) in [7, 11) is 0. The normalized spacial score (nSPS) is 15.3. The van der Waals surface area contributed by atoms with E-state index < -0.39 is 0 Å². The molecule has 1 aliphatic heterocycles. The molecule has 15 heavy (non-hydrogen) atoms. The lowest BCUT2D eigenvalue weighted by molar-refractivity contribution is 0.0654. The van der Waals surface area contributed by atoms with Crippen molar-refractivity contribution in [3.05, 3.63) is 35.2 Å². The predicted molar refractivity (Wildman–Crippen MR) is 62.3 cm³/mol. The van der Waals surface area contributed by atoms with Gasteiger partial charge < -0.3 is 4.90 Å². The highest BCUT2D eigenvalue weighted by Gasteiger charge is 2.23. The van der Waals surface area contributed by atoms with E-state index in [0.717, 1.165) is 30.5 Å². The second kappa shape index (κ2) is 3.35. The SMILES string of the molecule is O=C(c1csc2ccccc12)N1CCC1. The number of amides is 1. The van der Waals surface area contributed by atoms with Crippen LogP contribution in [0.15, 0.2) is 29.6 Å². The monoisotopic (exact) mass is 217 g/mol. The molecule has 1 amide bonds. The van der Waals surface area contributed by atoms with Crippen molar-refractivity contribution >= 4 is 27.3 Å². The van der Waals surface area contributed by atoms with Gasteiger partial charge in [-0.2, -0.15) is 0 Å². The minimum absolute atomic E-state index is 0.193. The molecule has 0 bridgehead atoms. The maximum Gasteiger partial charge on any atom is 0.255 e. The first-order chi connectivity index (χ1) is 7.36. The number of rotatable bonds is 1. The Bertz CT molecular complexity index is 513. The van der Waals surface area contributed by atoms with Gasteiger partial charge in [-0.1, -0.05) is 18.2 Å². The van der Waals surface area contributed by atoms with Gasteiger partial charge in [0.2, 0.25) is 0 Å². The molecule has 2 heterocycles. The van der Waals surface area contributed by atoms with Gasteiger partial charge >= 0.3 is 0 Å². The molecule has 3 rings (SSSR count). The molecule has 1 fully saturated rings. The summed E-state index contributed by atoms with van der Waals surface area (Å²) < 4.78 is 1.20. The Hall–Kier alpha value is -1.35. The fourth-order valence-corrected chi connectivity index (χ4v) is 2.77. The number of carbonyl (C=O) groups is 1. The molecule has 3 heteroatoms. The lowest BCUT2D eigenvalue weighted by Gasteiger charge is -2.30. The van der Waals surface area contributed by atoms with Crippen LogP contribution in [0.3, 0.4) is 0 Å². The fraction of sp³-hybridized carbons (Fsp3) is 0.250. The van der Waals surface area contributed by atoms with Crippen LogP contribution in [0.1, 0.15) is 16.8 Å². The standard InChI is InChI=1S/C12H11NOS/c14-12(13-6-3-7-13)10-8-15-11-5-2-1-4-9(10)11/h1-2,4-5,8H,3,6-7H2. The average molecular weight is 217 g/mol. The van der Waals surface area contributed by atoms with Crippen LogP contribution in [0.5, 0.6) is 0 Å². The zero-order valence-electron chi connectivity index (χ0n) is 8.27. The van der Waals surface area contributed by atoms with Gasteiger partial charge in [-0.05, 0) is 12.5 Å². The molecule has 0 aliphatic carbocycles. The molecular weight excluding hydrogens is 206 g/mol. The van der Waals surface area contributed by atoms with Crippen LogP contribution in [0.4, 0.5) is 0 Å². The number of nitrogens with zero attached hydrogens (tertiary/aromatic N) is 1. The Morgan fingerprint density at radius 3 is 2.80 bits per heavy atom. The highest BCUT2D eigenvalue weighted by Crippen LogP contribution is 2.27.